The quantitative estimate of drug-likeness (QED) is 0.878. The SMILES string of the molecule is COc1ccc(C(=O)c2cc(Cl)c(Cl)[nH]2)c(OC)c1. The lowest BCUT2D eigenvalue weighted by Crippen LogP contribution is -2.04. The summed E-state index contributed by atoms with van der Waals surface area (Å²) < 4.78 is 10.3. The van der Waals surface area contributed by atoms with E-state index in [1.807, 2.05) is 0 Å². The van der Waals surface area contributed by atoms with Crippen molar-refractivity contribution in [2.24, 2.45) is 0 Å². The number of carbonyl (C=O) groups excluding carboxylic acids is 1. The van der Waals surface area contributed by atoms with Crippen molar-refractivity contribution in [3.05, 3.63) is 45.7 Å². The van der Waals surface area contributed by atoms with Gasteiger partial charge in [-0.15, -0.1) is 0 Å². The van der Waals surface area contributed by atoms with Crippen LogP contribution in [0.15, 0.2) is 24.3 Å². The van der Waals surface area contributed by atoms with Gasteiger partial charge in [0.15, 0.2) is 0 Å². The number of methoxy groups -OCH3 is 2. The second-order valence-electron chi connectivity index (χ2n) is 3.74. The van der Waals surface area contributed by atoms with Crippen LogP contribution < -0.4 is 9.47 Å². The van der Waals surface area contributed by atoms with E-state index in [2.05, 4.69) is 4.98 Å². The van der Waals surface area contributed by atoms with E-state index >= 15 is 0 Å². The molecule has 0 bridgehead atoms. The number of ether oxygens (including phenoxy) is 2. The third kappa shape index (κ3) is 2.69. The molecule has 0 fully saturated rings. The Hall–Kier alpha value is -1.65. The van der Waals surface area contributed by atoms with Gasteiger partial charge in [-0.2, -0.15) is 0 Å². The van der Waals surface area contributed by atoms with Crippen molar-refractivity contribution >= 4 is 29.0 Å². The molecule has 19 heavy (non-hydrogen) atoms. The molecule has 4 nitrogen and oxygen atoms in total. The Bertz CT molecular complexity index is 603. The summed E-state index contributed by atoms with van der Waals surface area (Å²) in [6.45, 7) is 0. The van der Waals surface area contributed by atoms with Gasteiger partial charge in [-0.05, 0) is 18.2 Å². The van der Waals surface area contributed by atoms with Crippen LogP contribution in [0.4, 0.5) is 0 Å². The maximum Gasteiger partial charge on any atom is 0.212 e. The molecular weight excluding hydrogens is 289 g/mol. The summed E-state index contributed by atoms with van der Waals surface area (Å²) in [6, 6.07) is 6.43. The van der Waals surface area contributed by atoms with Crippen molar-refractivity contribution < 1.29 is 14.3 Å². The van der Waals surface area contributed by atoms with E-state index in [0.29, 0.717) is 27.8 Å². The number of nitrogens with one attached hydrogen (secondary N) is 1. The number of H-pyrrole nitrogens is 1. The highest BCUT2D eigenvalue weighted by Gasteiger charge is 2.18. The zero-order valence-corrected chi connectivity index (χ0v) is 11.8. The minimum absolute atomic E-state index is 0.234. The Morgan fingerprint density at radius 2 is 1.89 bits per heavy atom. The molecule has 0 atom stereocenters. The average Bonchev–Trinajstić information content (AvgIpc) is 2.77. The van der Waals surface area contributed by atoms with E-state index < -0.39 is 0 Å². The molecule has 0 aliphatic carbocycles. The molecule has 6 heteroatoms. The fraction of sp³-hybridized carbons (Fsp3) is 0.154. The summed E-state index contributed by atoms with van der Waals surface area (Å²) >= 11 is 11.6. The zero-order valence-electron chi connectivity index (χ0n) is 10.3. The molecule has 1 heterocycles. The van der Waals surface area contributed by atoms with Crippen LogP contribution in [-0.2, 0) is 0 Å². The molecular formula is C13H11Cl2NO3. The van der Waals surface area contributed by atoms with E-state index in [4.69, 9.17) is 32.7 Å². The fourth-order valence-corrected chi connectivity index (χ4v) is 1.97. The average molecular weight is 300 g/mol. The third-order valence-corrected chi connectivity index (χ3v) is 3.32. The molecule has 0 amide bonds. The van der Waals surface area contributed by atoms with Crippen LogP contribution in [0, 0.1) is 0 Å². The van der Waals surface area contributed by atoms with Gasteiger partial charge in [0.2, 0.25) is 5.78 Å². The summed E-state index contributed by atoms with van der Waals surface area (Å²) in [7, 11) is 3.03. The van der Waals surface area contributed by atoms with Gasteiger partial charge in [-0.3, -0.25) is 4.79 Å². The first-order chi connectivity index (χ1) is 9.06. The van der Waals surface area contributed by atoms with Crippen LogP contribution in [0.1, 0.15) is 16.1 Å². The molecule has 2 aromatic rings. The van der Waals surface area contributed by atoms with Crippen LogP contribution in [0.2, 0.25) is 10.2 Å². The monoisotopic (exact) mass is 299 g/mol. The summed E-state index contributed by atoms with van der Waals surface area (Å²) in [4.78, 5) is 15.0. The number of aromatic nitrogens is 1. The van der Waals surface area contributed by atoms with Gasteiger partial charge < -0.3 is 14.5 Å². The lowest BCUT2D eigenvalue weighted by molar-refractivity contribution is 0.103. The van der Waals surface area contributed by atoms with Gasteiger partial charge >= 0.3 is 0 Å². The lowest BCUT2D eigenvalue weighted by atomic mass is 10.1. The topological polar surface area (TPSA) is 51.3 Å². The molecule has 1 aromatic carbocycles. The largest absolute Gasteiger partial charge is 0.497 e. The first-order valence-electron chi connectivity index (χ1n) is 5.37. The van der Waals surface area contributed by atoms with Gasteiger partial charge in [0.1, 0.15) is 16.7 Å². The van der Waals surface area contributed by atoms with E-state index in [1.54, 1.807) is 25.3 Å². The van der Waals surface area contributed by atoms with Crippen LogP contribution in [0.5, 0.6) is 11.5 Å². The number of benzene rings is 1. The molecule has 0 radical (unpaired) electrons. The molecule has 0 saturated heterocycles. The molecule has 1 N–H and O–H groups in total. The summed E-state index contributed by atoms with van der Waals surface area (Å²) in [5.41, 5.74) is 0.705. The van der Waals surface area contributed by atoms with Crippen LogP contribution >= 0.6 is 23.2 Å². The standard InChI is InChI=1S/C13H11Cl2NO3/c1-18-7-3-4-8(11(5-7)19-2)12(17)10-6-9(14)13(15)16-10/h3-6,16H,1-2H3. The number of rotatable bonds is 4. The van der Waals surface area contributed by atoms with Gasteiger partial charge in [-0.1, -0.05) is 23.2 Å². The highest BCUT2D eigenvalue weighted by Crippen LogP contribution is 2.29. The maximum atomic E-state index is 12.3. The van der Waals surface area contributed by atoms with Crippen molar-refractivity contribution in [3.63, 3.8) is 0 Å². The number of aromatic amines is 1. The predicted molar refractivity (Wildman–Crippen MR) is 73.8 cm³/mol. The molecule has 0 unspecified atom stereocenters. The summed E-state index contributed by atoms with van der Waals surface area (Å²) in [5.74, 6) is 0.774. The van der Waals surface area contributed by atoms with Gasteiger partial charge in [0.25, 0.3) is 0 Å². The van der Waals surface area contributed by atoms with Gasteiger partial charge in [0, 0.05) is 6.07 Å². The summed E-state index contributed by atoms with van der Waals surface area (Å²) in [6.07, 6.45) is 0. The second kappa shape index (κ2) is 5.55. The Labute approximate surface area is 120 Å². The van der Waals surface area contributed by atoms with E-state index in [-0.39, 0.29) is 10.9 Å². The minimum Gasteiger partial charge on any atom is -0.497 e. The van der Waals surface area contributed by atoms with Crippen LogP contribution in [0.25, 0.3) is 0 Å². The number of hydrogen-bond donors (Lipinski definition) is 1. The Morgan fingerprint density at radius 1 is 1.16 bits per heavy atom. The van der Waals surface area contributed by atoms with Crippen molar-refractivity contribution in [2.75, 3.05) is 14.2 Å². The second-order valence-corrected chi connectivity index (χ2v) is 4.53. The molecule has 0 aliphatic heterocycles. The molecule has 1 aromatic heterocycles. The van der Waals surface area contributed by atoms with Gasteiger partial charge in [0.05, 0.1) is 30.5 Å². The van der Waals surface area contributed by atoms with Gasteiger partial charge in [-0.25, -0.2) is 0 Å². The first kappa shape index (κ1) is 13.8. The Kier molecular flexibility index (Phi) is 4.02. The van der Waals surface area contributed by atoms with E-state index in [0.717, 1.165) is 0 Å². The predicted octanol–water partition coefficient (Wildman–Crippen LogP) is 3.57. The fourth-order valence-electron chi connectivity index (χ4n) is 1.66. The van der Waals surface area contributed by atoms with Crippen molar-refractivity contribution in [2.45, 2.75) is 0 Å². The number of carbonyl (C=O) groups is 1. The normalized spacial score (nSPS) is 10.3. The molecule has 0 spiro atoms. The molecule has 100 valence electrons. The van der Waals surface area contributed by atoms with Crippen LogP contribution in [-0.4, -0.2) is 25.0 Å². The maximum absolute atomic E-state index is 12.3. The number of halogens is 2. The zero-order chi connectivity index (χ0) is 14.0. The highest BCUT2D eigenvalue weighted by atomic mass is 35.5. The van der Waals surface area contributed by atoms with Crippen molar-refractivity contribution in [1.29, 1.82) is 0 Å². The van der Waals surface area contributed by atoms with Crippen LogP contribution in [0.3, 0.4) is 0 Å². The van der Waals surface area contributed by atoms with Crippen molar-refractivity contribution in [3.8, 4) is 11.5 Å². The minimum atomic E-state index is -0.256. The van der Waals surface area contributed by atoms with E-state index in [1.165, 1.54) is 13.2 Å². The Balaban J connectivity index is 2.43. The molecule has 0 saturated carbocycles. The van der Waals surface area contributed by atoms with Crippen molar-refractivity contribution in [1.82, 2.24) is 4.98 Å². The Morgan fingerprint density at radius 3 is 2.42 bits per heavy atom. The third-order valence-electron chi connectivity index (χ3n) is 2.62. The first-order valence-corrected chi connectivity index (χ1v) is 6.13. The number of hydrogen-bond acceptors (Lipinski definition) is 3. The summed E-state index contributed by atoms with van der Waals surface area (Å²) in [5, 5.41) is 0.537. The molecule has 0 aliphatic rings. The lowest BCUT2D eigenvalue weighted by Gasteiger charge is -2.08. The number of ketones is 1. The van der Waals surface area contributed by atoms with E-state index in [9.17, 15) is 4.79 Å². The highest BCUT2D eigenvalue weighted by molar-refractivity contribution is 6.41. The smallest absolute Gasteiger partial charge is 0.212 e. The molecule has 2 rings (SSSR count).